The molecule has 0 spiro atoms. The van der Waals surface area contributed by atoms with Gasteiger partial charge in [0.25, 0.3) is 0 Å². The van der Waals surface area contributed by atoms with Gasteiger partial charge in [-0.25, -0.2) is 8.42 Å². The quantitative estimate of drug-likeness (QED) is 0.439. The largest absolute Gasteiger partial charge is 0.368 e. The molecule has 6 nitrogen and oxygen atoms in total. The first-order valence-corrected chi connectivity index (χ1v) is 14.4. The van der Waals surface area contributed by atoms with Crippen LogP contribution in [-0.2, 0) is 10.0 Å². The van der Waals surface area contributed by atoms with Gasteiger partial charge in [-0.1, -0.05) is 35.3 Å². The second kappa shape index (κ2) is 10.6. The van der Waals surface area contributed by atoms with E-state index in [1.54, 1.807) is 28.7 Å². The SMILES string of the molecule is O=S(=O)(c1cccc2ncccc12)N1CCC(CCN2CCN(c3cccc(Cl)c3Cl)CC2)CC1. The first-order chi connectivity index (χ1) is 16.9. The van der Waals surface area contributed by atoms with Crippen LogP contribution in [-0.4, -0.2) is 68.4 Å². The average molecular weight is 534 g/mol. The van der Waals surface area contributed by atoms with E-state index < -0.39 is 10.0 Å². The Morgan fingerprint density at radius 2 is 1.63 bits per heavy atom. The fourth-order valence-electron chi connectivity index (χ4n) is 5.19. The molecule has 186 valence electrons. The summed E-state index contributed by atoms with van der Waals surface area (Å²) in [7, 11) is -3.53. The smallest absolute Gasteiger partial charge is 0.243 e. The van der Waals surface area contributed by atoms with Gasteiger partial charge in [0.05, 0.1) is 26.1 Å². The van der Waals surface area contributed by atoms with Crippen LogP contribution in [0.5, 0.6) is 0 Å². The Balaban J connectivity index is 1.12. The Labute approximate surface area is 217 Å². The van der Waals surface area contributed by atoms with E-state index in [1.165, 1.54) is 0 Å². The second-order valence-corrected chi connectivity index (χ2v) is 12.1. The van der Waals surface area contributed by atoms with Crippen molar-refractivity contribution in [3.05, 3.63) is 64.8 Å². The number of halogens is 2. The van der Waals surface area contributed by atoms with Crippen LogP contribution in [0.3, 0.4) is 0 Å². The molecule has 1 aromatic heterocycles. The molecule has 35 heavy (non-hydrogen) atoms. The van der Waals surface area contributed by atoms with Gasteiger partial charge in [0.15, 0.2) is 0 Å². The van der Waals surface area contributed by atoms with Crippen molar-refractivity contribution < 1.29 is 8.42 Å². The Hall–Kier alpha value is -1.90. The van der Waals surface area contributed by atoms with Crippen molar-refractivity contribution in [1.82, 2.24) is 14.2 Å². The molecular weight excluding hydrogens is 503 g/mol. The summed E-state index contributed by atoms with van der Waals surface area (Å²) >= 11 is 12.6. The van der Waals surface area contributed by atoms with Crippen LogP contribution < -0.4 is 4.90 Å². The fraction of sp³-hybridized carbons (Fsp3) is 0.423. The zero-order chi connectivity index (χ0) is 24.4. The third-order valence-electron chi connectivity index (χ3n) is 7.29. The number of anilines is 1. The Kier molecular flexibility index (Phi) is 7.51. The van der Waals surface area contributed by atoms with Gasteiger partial charge in [-0.05, 0) is 68.1 Å². The molecule has 3 aromatic rings. The van der Waals surface area contributed by atoms with Crippen molar-refractivity contribution in [2.45, 2.75) is 24.2 Å². The van der Waals surface area contributed by atoms with E-state index in [9.17, 15) is 8.42 Å². The molecule has 2 saturated heterocycles. The minimum absolute atomic E-state index is 0.360. The summed E-state index contributed by atoms with van der Waals surface area (Å²) in [6, 6.07) is 14.7. The number of benzene rings is 2. The highest BCUT2D eigenvalue weighted by Crippen LogP contribution is 2.33. The van der Waals surface area contributed by atoms with Crippen molar-refractivity contribution in [2.24, 2.45) is 5.92 Å². The zero-order valence-corrected chi connectivity index (χ0v) is 21.9. The fourth-order valence-corrected chi connectivity index (χ4v) is 7.28. The maximum Gasteiger partial charge on any atom is 0.243 e. The van der Waals surface area contributed by atoms with Crippen LogP contribution in [0.4, 0.5) is 5.69 Å². The number of piperidine rings is 1. The van der Waals surface area contributed by atoms with Gasteiger partial charge in [0.1, 0.15) is 0 Å². The van der Waals surface area contributed by atoms with E-state index in [-0.39, 0.29) is 0 Å². The summed E-state index contributed by atoms with van der Waals surface area (Å²) in [5.74, 6) is 0.552. The van der Waals surface area contributed by atoms with Crippen LogP contribution in [0.15, 0.2) is 59.6 Å². The number of hydrogen-bond acceptors (Lipinski definition) is 5. The van der Waals surface area contributed by atoms with Gasteiger partial charge in [-0.3, -0.25) is 9.88 Å². The molecule has 9 heteroatoms. The van der Waals surface area contributed by atoms with E-state index in [4.69, 9.17) is 23.2 Å². The summed E-state index contributed by atoms with van der Waals surface area (Å²) in [6.45, 7) is 6.03. The first kappa shape index (κ1) is 24.8. The van der Waals surface area contributed by atoms with E-state index in [0.717, 1.165) is 57.7 Å². The summed E-state index contributed by atoms with van der Waals surface area (Å²) in [5, 5.41) is 1.91. The van der Waals surface area contributed by atoms with Gasteiger partial charge >= 0.3 is 0 Å². The van der Waals surface area contributed by atoms with Crippen LogP contribution in [0, 0.1) is 5.92 Å². The minimum Gasteiger partial charge on any atom is -0.368 e. The molecule has 5 rings (SSSR count). The van der Waals surface area contributed by atoms with Gasteiger partial charge in [-0.15, -0.1) is 0 Å². The monoisotopic (exact) mass is 532 g/mol. The molecular formula is C26H30Cl2N4O2S. The molecule has 2 aliphatic rings. The number of fused-ring (bicyclic) bond motifs is 1. The number of hydrogen-bond donors (Lipinski definition) is 0. The molecule has 2 fully saturated rings. The number of sulfonamides is 1. The number of piperazine rings is 1. The molecule has 0 unspecified atom stereocenters. The van der Waals surface area contributed by atoms with Crippen LogP contribution in [0.2, 0.25) is 10.0 Å². The lowest BCUT2D eigenvalue weighted by Crippen LogP contribution is -2.47. The van der Waals surface area contributed by atoms with Crippen LogP contribution in [0.25, 0.3) is 10.9 Å². The first-order valence-electron chi connectivity index (χ1n) is 12.2. The Morgan fingerprint density at radius 3 is 2.40 bits per heavy atom. The molecule has 2 aromatic carbocycles. The Bertz CT molecular complexity index is 1280. The van der Waals surface area contributed by atoms with Gasteiger partial charge in [0.2, 0.25) is 10.0 Å². The van der Waals surface area contributed by atoms with Crippen LogP contribution >= 0.6 is 23.2 Å². The van der Waals surface area contributed by atoms with E-state index in [0.29, 0.717) is 44.9 Å². The van der Waals surface area contributed by atoms with Gasteiger partial charge < -0.3 is 4.90 Å². The second-order valence-electron chi connectivity index (χ2n) is 9.36. The highest BCUT2D eigenvalue weighted by atomic mass is 35.5. The van der Waals surface area contributed by atoms with Gasteiger partial charge in [0, 0.05) is 50.9 Å². The van der Waals surface area contributed by atoms with Crippen molar-refractivity contribution in [1.29, 1.82) is 0 Å². The van der Waals surface area contributed by atoms with Crippen LogP contribution in [0.1, 0.15) is 19.3 Å². The van der Waals surface area contributed by atoms with Crippen molar-refractivity contribution in [3.8, 4) is 0 Å². The summed E-state index contributed by atoms with van der Waals surface area (Å²) in [4.78, 5) is 9.47. The maximum absolute atomic E-state index is 13.4. The lowest BCUT2D eigenvalue weighted by atomic mass is 9.94. The molecule has 0 atom stereocenters. The van der Waals surface area contributed by atoms with Crippen molar-refractivity contribution in [3.63, 3.8) is 0 Å². The Morgan fingerprint density at radius 1 is 0.886 bits per heavy atom. The van der Waals surface area contributed by atoms with E-state index >= 15 is 0 Å². The predicted octanol–water partition coefficient (Wildman–Crippen LogP) is 5.15. The third kappa shape index (κ3) is 5.30. The van der Waals surface area contributed by atoms with E-state index in [2.05, 4.69) is 14.8 Å². The topological polar surface area (TPSA) is 56.8 Å². The highest BCUT2D eigenvalue weighted by molar-refractivity contribution is 7.89. The minimum atomic E-state index is -3.53. The summed E-state index contributed by atoms with van der Waals surface area (Å²) in [5.41, 5.74) is 1.72. The molecule has 0 aliphatic carbocycles. The molecule has 3 heterocycles. The normalized spacial score (nSPS) is 18.9. The predicted molar refractivity (Wildman–Crippen MR) is 143 cm³/mol. The summed E-state index contributed by atoms with van der Waals surface area (Å²) in [6.07, 6.45) is 4.60. The number of pyridine rings is 1. The molecule has 0 N–H and O–H groups in total. The molecule has 0 bridgehead atoms. The van der Waals surface area contributed by atoms with Crippen molar-refractivity contribution in [2.75, 3.05) is 50.7 Å². The molecule has 0 amide bonds. The lowest BCUT2D eigenvalue weighted by molar-refractivity contribution is 0.206. The number of nitrogens with zero attached hydrogens (tertiary/aromatic N) is 4. The standard InChI is InChI=1S/C26H30Cl2N4O2S/c27-22-5-1-7-24(26(22)28)31-18-16-30(17-19-31)13-9-20-10-14-32(15-11-20)35(33,34)25-8-2-6-23-21(25)4-3-12-29-23/h1-8,12,20H,9-11,13-19H2. The van der Waals surface area contributed by atoms with Gasteiger partial charge in [-0.2, -0.15) is 4.31 Å². The highest BCUT2D eigenvalue weighted by Gasteiger charge is 2.31. The summed E-state index contributed by atoms with van der Waals surface area (Å²) < 4.78 is 28.4. The molecule has 0 saturated carbocycles. The van der Waals surface area contributed by atoms with E-state index in [1.807, 2.05) is 30.3 Å². The molecule has 0 radical (unpaired) electrons. The lowest BCUT2D eigenvalue weighted by Gasteiger charge is -2.38. The molecule has 2 aliphatic heterocycles. The number of rotatable bonds is 6. The maximum atomic E-state index is 13.4. The third-order valence-corrected chi connectivity index (χ3v) is 10.1. The van der Waals surface area contributed by atoms with Crippen molar-refractivity contribution >= 4 is 49.8 Å². The average Bonchev–Trinajstić information content (AvgIpc) is 2.89. The number of aromatic nitrogens is 1. The zero-order valence-electron chi connectivity index (χ0n) is 19.6.